The number of nitrogens with zero attached hydrogens (tertiary/aromatic N) is 3. The second-order valence-corrected chi connectivity index (χ2v) is 5.12. The summed E-state index contributed by atoms with van der Waals surface area (Å²) in [7, 11) is 1.94. The van der Waals surface area contributed by atoms with Gasteiger partial charge in [0.05, 0.1) is 6.33 Å². The highest BCUT2D eigenvalue weighted by Gasteiger charge is 2.07. The molecule has 0 radical (unpaired) electrons. The smallest absolute Gasteiger partial charge is 0.181 e. The number of aromatic amines is 1. The van der Waals surface area contributed by atoms with E-state index in [9.17, 15) is 0 Å². The first-order chi connectivity index (χ1) is 9.36. The molecule has 0 spiro atoms. The molecule has 1 aromatic carbocycles. The van der Waals surface area contributed by atoms with E-state index in [0.717, 1.165) is 22.0 Å². The van der Waals surface area contributed by atoms with Gasteiger partial charge in [-0.2, -0.15) is 0 Å². The van der Waals surface area contributed by atoms with Gasteiger partial charge in [-0.3, -0.25) is 0 Å². The third-order valence-electron chi connectivity index (χ3n) is 2.71. The summed E-state index contributed by atoms with van der Waals surface area (Å²) < 4.78 is 0. The van der Waals surface area contributed by atoms with Gasteiger partial charge in [0, 0.05) is 11.4 Å². The Hall–Kier alpha value is -1.92. The lowest BCUT2D eigenvalue weighted by Gasteiger charge is -2.03. The zero-order chi connectivity index (χ0) is 13.1. The quantitative estimate of drug-likeness (QED) is 0.712. The largest absolute Gasteiger partial charge is 0.341 e. The van der Waals surface area contributed by atoms with E-state index in [1.165, 1.54) is 5.56 Å². The fraction of sp³-hybridized carbons (Fsp3) is 0.154. The van der Waals surface area contributed by atoms with Gasteiger partial charge in [-0.05, 0) is 24.7 Å². The van der Waals surface area contributed by atoms with Crippen molar-refractivity contribution in [3.05, 3.63) is 42.5 Å². The Balaban J connectivity index is 1.86. The highest BCUT2D eigenvalue weighted by Crippen LogP contribution is 2.29. The van der Waals surface area contributed by atoms with Crippen molar-refractivity contribution in [3.63, 3.8) is 0 Å². The molecule has 5 nitrogen and oxygen atoms in total. The number of benzene rings is 1. The van der Waals surface area contributed by atoms with Crippen LogP contribution in [0.15, 0.2) is 46.8 Å². The van der Waals surface area contributed by atoms with Gasteiger partial charge in [0.25, 0.3) is 0 Å². The molecule has 0 atom stereocenters. The van der Waals surface area contributed by atoms with Crippen LogP contribution in [-0.2, 0) is 6.54 Å². The van der Waals surface area contributed by atoms with Crippen molar-refractivity contribution in [1.82, 2.24) is 25.3 Å². The molecule has 0 bridgehead atoms. The van der Waals surface area contributed by atoms with Crippen LogP contribution in [0.4, 0.5) is 0 Å². The minimum atomic E-state index is 0.698. The Kier molecular flexibility index (Phi) is 3.43. The minimum Gasteiger partial charge on any atom is -0.341 e. The summed E-state index contributed by atoms with van der Waals surface area (Å²) in [5.41, 5.74) is 2.84. The van der Waals surface area contributed by atoms with E-state index in [4.69, 9.17) is 0 Å². The monoisotopic (exact) mass is 271 g/mol. The van der Waals surface area contributed by atoms with Crippen LogP contribution in [0.2, 0.25) is 0 Å². The summed E-state index contributed by atoms with van der Waals surface area (Å²) in [4.78, 5) is 16.8. The van der Waals surface area contributed by atoms with E-state index < -0.39 is 0 Å². The lowest BCUT2D eigenvalue weighted by molar-refractivity contribution is 0.817. The summed E-state index contributed by atoms with van der Waals surface area (Å²) in [6.45, 7) is 0.878. The van der Waals surface area contributed by atoms with Crippen molar-refractivity contribution in [2.75, 3.05) is 7.05 Å². The maximum absolute atomic E-state index is 4.30. The molecule has 0 fully saturated rings. The Morgan fingerprint density at radius 1 is 1.16 bits per heavy atom. The summed E-state index contributed by atoms with van der Waals surface area (Å²) in [6.07, 6.45) is 3.18. The number of aromatic nitrogens is 4. The van der Waals surface area contributed by atoms with E-state index in [2.05, 4.69) is 49.5 Å². The number of fused-ring (bicyclic) bond motifs is 1. The molecule has 0 saturated carbocycles. The molecule has 0 aliphatic heterocycles. The number of imidazole rings is 1. The van der Waals surface area contributed by atoms with Crippen LogP contribution in [-0.4, -0.2) is 27.0 Å². The lowest BCUT2D eigenvalue weighted by Crippen LogP contribution is -2.04. The fourth-order valence-electron chi connectivity index (χ4n) is 1.81. The molecule has 19 heavy (non-hydrogen) atoms. The van der Waals surface area contributed by atoms with Crippen molar-refractivity contribution < 1.29 is 0 Å². The maximum atomic E-state index is 4.30. The molecule has 6 heteroatoms. The average Bonchev–Trinajstić information content (AvgIpc) is 2.91. The summed E-state index contributed by atoms with van der Waals surface area (Å²) in [5.74, 6) is 0. The van der Waals surface area contributed by atoms with Gasteiger partial charge in [0.15, 0.2) is 5.65 Å². The van der Waals surface area contributed by atoms with Crippen LogP contribution >= 0.6 is 11.8 Å². The zero-order valence-corrected chi connectivity index (χ0v) is 11.2. The van der Waals surface area contributed by atoms with Gasteiger partial charge in [-0.1, -0.05) is 23.9 Å². The molecule has 3 aromatic rings. The molecular formula is C13H13N5S. The summed E-state index contributed by atoms with van der Waals surface area (Å²) in [6, 6.07) is 8.43. The van der Waals surface area contributed by atoms with Crippen LogP contribution in [0.1, 0.15) is 5.56 Å². The molecule has 0 unspecified atom stereocenters. The van der Waals surface area contributed by atoms with E-state index in [0.29, 0.717) is 5.65 Å². The average molecular weight is 271 g/mol. The minimum absolute atomic E-state index is 0.698. The van der Waals surface area contributed by atoms with Gasteiger partial charge < -0.3 is 10.3 Å². The number of hydrogen-bond acceptors (Lipinski definition) is 5. The second-order valence-electron chi connectivity index (χ2n) is 4.06. The molecule has 0 amide bonds. The van der Waals surface area contributed by atoms with E-state index in [1.807, 2.05) is 7.05 Å². The molecule has 3 rings (SSSR count). The van der Waals surface area contributed by atoms with Crippen LogP contribution in [0.25, 0.3) is 11.2 Å². The van der Waals surface area contributed by atoms with Gasteiger partial charge in [0.1, 0.15) is 16.9 Å². The SMILES string of the molecule is CNCc1ccc(Sc2ncnc3nc[nH]c23)cc1. The Bertz CT molecular complexity index is 677. The molecule has 2 N–H and O–H groups in total. The third-order valence-corrected chi connectivity index (χ3v) is 3.72. The van der Waals surface area contributed by atoms with Gasteiger partial charge in [-0.15, -0.1) is 0 Å². The maximum Gasteiger partial charge on any atom is 0.181 e. The van der Waals surface area contributed by atoms with E-state index >= 15 is 0 Å². The third kappa shape index (κ3) is 2.59. The molecule has 0 aliphatic rings. The Morgan fingerprint density at radius 3 is 2.79 bits per heavy atom. The topological polar surface area (TPSA) is 66.5 Å². The fourth-order valence-corrected chi connectivity index (χ4v) is 2.66. The van der Waals surface area contributed by atoms with E-state index in [1.54, 1.807) is 24.4 Å². The number of nitrogens with one attached hydrogen (secondary N) is 2. The van der Waals surface area contributed by atoms with Crippen LogP contribution < -0.4 is 5.32 Å². The molecular weight excluding hydrogens is 258 g/mol. The Morgan fingerprint density at radius 2 is 2.00 bits per heavy atom. The normalized spacial score (nSPS) is 11.0. The first-order valence-electron chi connectivity index (χ1n) is 5.92. The van der Waals surface area contributed by atoms with Crippen molar-refractivity contribution in [2.45, 2.75) is 16.5 Å². The highest BCUT2D eigenvalue weighted by molar-refractivity contribution is 7.99. The van der Waals surface area contributed by atoms with Crippen LogP contribution in [0.5, 0.6) is 0 Å². The van der Waals surface area contributed by atoms with Crippen molar-refractivity contribution in [1.29, 1.82) is 0 Å². The van der Waals surface area contributed by atoms with Crippen molar-refractivity contribution in [3.8, 4) is 0 Å². The first-order valence-corrected chi connectivity index (χ1v) is 6.74. The second kappa shape index (κ2) is 5.38. The van der Waals surface area contributed by atoms with Crippen molar-refractivity contribution >= 4 is 22.9 Å². The number of rotatable bonds is 4. The van der Waals surface area contributed by atoms with Gasteiger partial charge in [-0.25, -0.2) is 15.0 Å². The standard InChI is InChI=1S/C13H13N5S/c1-14-6-9-2-4-10(5-3-9)19-13-11-12(16-7-15-11)17-8-18-13/h2-5,7-8,14H,6H2,1H3,(H,15,16,17,18). The zero-order valence-electron chi connectivity index (χ0n) is 10.4. The predicted octanol–water partition coefficient (Wildman–Crippen LogP) is 2.22. The first kappa shape index (κ1) is 12.1. The molecule has 0 aliphatic carbocycles. The highest BCUT2D eigenvalue weighted by atomic mass is 32.2. The number of H-pyrrole nitrogens is 1. The molecule has 2 aromatic heterocycles. The number of hydrogen-bond donors (Lipinski definition) is 2. The summed E-state index contributed by atoms with van der Waals surface area (Å²) in [5, 5.41) is 4.03. The summed E-state index contributed by atoms with van der Waals surface area (Å²) >= 11 is 1.61. The molecule has 96 valence electrons. The van der Waals surface area contributed by atoms with Gasteiger partial charge >= 0.3 is 0 Å². The molecule has 0 saturated heterocycles. The van der Waals surface area contributed by atoms with Crippen molar-refractivity contribution in [2.24, 2.45) is 0 Å². The van der Waals surface area contributed by atoms with E-state index in [-0.39, 0.29) is 0 Å². The van der Waals surface area contributed by atoms with Crippen LogP contribution in [0, 0.1) is 0 Å². The van der Waals surface area contributed by atoms with Gasteiger partial charge in [0.2, 0.25) is 0 Å². The van der Waals surface area contributed by atoms with Crippen LogP contribution in [0.3, 0.4) is 0 Å². The molecule has 2 heterocycles. The Labute approximate surface area is 114 Å². The predicted molar refractivity (Wildman–Crippen MR) is 75.0 cm³/mol. The lowest BCUT2D eigenvalue weighted by atomic mass is 10.2.